The fraction of sp³-hybridized carbons (Fsp3) is 0.136. The van der Waals surface area contributed by atoms with Crippen LogP contribution in [0.2, 0.25) is 5.02 Å². The summed E-state index contributed by atoms with van der Waals surface area (Å²) >= 11 is 11.1. The van der Waals surface area contributed by atoms with Crippen molar-refractivity contribution in [3.8, 4) is 0 Å². The van der Waals surface area contributed by atoms with Crippen molar-refractivity contribution >= 4 is 50.9 Å². The first-order valence-corrected chi connectivity index (χ1v) is 11.0. The van der Waals surface area contributed by atoms with E-state index in [4.69, 9.17) is 16.3 Å². The van der Waals surface area contributed by atoms with Crippen molar-refractivity contribution in [2.45, 2.75) is 13.0 Å². The molecule has 152 valence electrons. The van der Waals surface area contributed by atoms with Crippen LogP contribution in [-0.4, -0.2) is 17.6 Å². The number of hydrogen-bond donors (Lipinski definition) is 0. The van der Waals surface area contributed by atoms with E-state index in [-0.39, 0.29) is 5.56 Å². The number of halogens is 2. The highest BCUT2D eigenvalue weighted by atomic mass is 79.9. The highest BCUT2D eigenvalue weighted by Gasteiger charge is 2.34. The summed E-state index contributed by atoms with van der Waals surface area (Å²) < 4.78 is 8.00. The SMILES string of the molecule is COC(=O)C1=C(C)N=c2s/c(=C\c3ccc(Br)cc3)c(=O)n2[C@H]1c1ccccc1Cl. The molecule has 5 nitrogen and oxygen atoms in total. The predicted molar refractivity (Wildman–Crippen MR) is 121 cm³/mol. The normalized spacial score (nSPS) is 16.3. The number of carbonyl (C=O) groups is 1. The van der Waals surface area contributed by atoms with Crippen LogP contribution in [0.5, 0.6) is 0 Å². The molecule has 0 fully saturated rings. The van der Waals surface area contributed by atoms with Gasteiger partial charge < -0.3 is 4.74 Å². The molecule has 0 saturated carbocycles. The molecule has 0 saturated heterocycles. The standard InChI is InChI=1S/C22H16BrClN2O3S/c1-12-18(21(28)29-2)19(15-5-3-4-6-16(15)24)26-20(27)17(30-22(26)25-12)11-13-7-9-14(23)10-8-13/h3-11,19H,1-2H3/b17-11-/t19-/m0/s1. The number of carbonyl (C=O) groups excluding carboxylic acids is 1. The summed E-state index contributed by atoms with van der Waals surface area (Å²) in [4.78, 5) is 31.1. The monoisotopic (exact) mass is 502 g/mol. The van der Waals surface area contributed by atoms with Crippen LogP contribution >= 0.6 is 38.9 Å². The van der Waals surface area contributed by atoms with E-state index in [9.17, 15) is 9.59 Å². The van der Waals surface area contributed by atoms with E-state index < -0.39 is 12.0 Å². The Morgan fingerprint density at radius 2 is 1.93 bits per heavy atom. The molecule has 8 heteroatoms. The Bertz CT molecular complexity index is 1360. The topological polar surface area (TPSA) is 60.7 Å². The number of benzene rings is 2. The minimum Gasteiger partial charge on any atom is -0.466 e. The summed E-state index contributed by atoms with van der Waals surface area (Å²) in [7, 11) is 1.31. The zero-order valence-corrected chi connectivity index (χ0v) is 19.2. The van der Waals surface area contributed by atoms with Crippen molar-refractivity contribution in [2.75, 3.05) is 7.11 Å². The van der Waals surface area contributed by atoms with Gasteiger partial charge in [0, 0.05) is 9.50 Å². The average Bonchev–Trinajstić information content (AvgIpc) is 3.03. The predicted octanol–water partition coefficient (Wildman–Crippen LogP) is 3.82. The van der Waals surface area contributed by atoms with Crippen LogP contribution in [0.15, 0.2) is 74.1 Å². The number of methoxy groups -OCH3 is 1. The fourth-order valence-electron chi connectivity index (χ4n) is 3.39. The van der Waals surface area contributed by atoms with Crippen molar-refractivity contribution in [1.29, 1.82) is 0 Å². The number of thiazole rings is 1. The van der Waals surface area contributed by atoms with E-state index in [0.717, 1.165) is 10.0 Å². The molecule has 0 radical (unpaired) electrons. The molecule has 1 aliphatic rings. The molecule has 30 heavy (non-hydrogen) atoms. The smallest absolute Gasteiger partial charge is 0.338 e. The zero-order valence-electron chi connectivity index (χ0n) is 16.1. The molecule has 1 aromatic heterocycles. The minimum atomic E-state index is -0.713. The Hall–Kier alpha value is -2.48. The van der Waals surface area contributed by atoms with E-state index in [2.05, 4.69) is 20.9 Å². The molecule has 3 aromatic rings. The van der Waals surface area contributed by atoms with Gasteiger partial charge in [-0.3, -0.25) is 9.36 Å². The number of ether oxygens (including phenoxy) is 1. The maximum atomic E-state index is 13.4. The van der Waals surface area contributed by atoms with Gasteiger partial charge in [0.15, 0.2) is 4.80 Å². The van der Waals surface area contributed by atoms with E-state index >= 15 is 0 Å². The second-order valence-corrected chi connectivity index (χ2v) is 8.98. The van der Waals surface area contributed by atoms with Crippen LogP contribution in [0.25, 0.3) is 6.08 Å². The van der Waals surface area contributed by atoms with E-state index in [1.54, 1.807) is 25.1 Å². The number of rotatable bonds is 3. The first-order valence-electron chi connectivity index (χ1n) is 9.01. The first kappa shape index (κ1) is 20.8. The molecule has 1 aliphatic heterocycles. The minimum absolute atomic E-state index is 0.236. The van der Waals surface area contributed by atoms with E-state index in [0.29, 0.717) is 31.2 Å². The quantitative estimate of drug-likeness (QED) is 0.511. The largest absolute Gasteiger partial charge is 0.466 e. The summed E-state index contributed by atoms with van der Waals surface area (Å²) in [5, 5.41) is 0.459. The Morgan fingerprint density at radius 1 is 1.23 bits per heavy atom. The highest BCUT2D eigenvalue weighted by molar-refractivity contribution is 9.10. The second kappa shape index (κ2) is 8.34. The highest BCUT2D eigenvalue weighted by Crippen LogP contribution is 2.34. The molecular formula is C22H16BrClN2O3S. The third kappa shape index (κ3) is 3.69. The van der Waals surface area contributed by atoms with Gasteiger partial charge in [-0.2, -0.15) is 0 Å². The number of fused-ring (bicyclic) bond motifs is 1. The lowest BCUT2D eigenvalue weighted by Crippen LogP contribution is -2.39. The van der Waals surface area contributed by atoms with E-state index in [1.165, 1.54) is 23.0 Å². The summed E-state index contributed by atoms with van der Waals surface area (Å²) in [6.07, 6.45) is 1.82. The van der Waals surface area contributed by atoms with Crippen molar-refractivity contribution in [3.63, 3.8) is 0 Å². The van der Waals surface area contributed by atoms with Crippen molar-refractivity contribution in [1.82, 2.24) is 4.57 Å². The molecule has 0 spiro atoms. The molecule has 4 rings (SSSR count). The first-order chi connectivity index (χ1) is 14.4. The maximum absolute atomic E-state index is 13.4. The number of hydrogen-bond acceptors (Lipinski definition) is 5. The van der Waals surface area contributed by atoms with Gasteiger partial charge >= 0.3 is 5.97 Å². The molecule has 1 atom stereocenters. The van der Waals surface area contributed by atoms with Gasteiger partial charge in [-0.15, -0.1) is 0 Å². The van der Waals surface area contributed by atoms with Crippen molar-refractivity contribution in [2.24, 2.45) is 4.99 Å². The van der Waals surface area contributed by atoms with Crippen LogP contribution in [0, 0.1) is 0 Å². The summed E-state index contributed by atoms with van der Waals surface area (Å²) in [5.74, 6) is -0.539. The van der Waals surface area contributed by atoms with Crippen LogP contribution in [-0.2, 0) is 9.53 Å². The van der Waals surface area contributed by atoms with Crippen LogP contribution in [0.3, 0.4) is 0 Å². The van der Waals surface area contributed by atoms with Gasteiger partial charge in [-0.25, -0.2) is 9.79 Å². The molecule has 0 bridgehead atoms. The average molecular weight is 504 g/mol. The van der Waals surface area contributed by atoms with Crippen LogP contribution in [0.1, 0.15) is 24.1 Å². The van der Waals surface area contributed by atoms with Gasteiger partial charge in [-0.05, 0) is 42.3 Å². The maximum Gasteiger partial charge on any atom is 0.338 e. The Kier molecular flexibility index (Phi) is 5.77. The van der Waals surface area contributed by atoms with Gasteiger partial charge in [0.2, 0.25) is 0 Å². The summed E-state index contributed by atoms with van der Waals surface area (Å²) in [6, 6.07) is 14.1. The number of aromatic nitrogens is 1. The lowest BCUT2D eigenvalue weighted by atomic mass is 9.96. The zero-order chi connectivity index (χ0) is 21.4. The van der Waals surface area contributed by atoms with Crippen molar-refractivity contribution < 1.29 is 9.53 Å². The summed E-state index contributed by atoms with van der Waals surface area (Å²) in [6.45, 7) is 1.74. The molecule has 2 heterocycles. The third-order valence-corrected chi connectivity index (χ3v) is 6.65. The number of esters is 1. The summed E-state index contributed by atoms with van der Waals surface area (Å²) in [5.41, 5.74) is 2.10. The molecule has 2 aromatic carbocycles. The molecule has 0 N–H and O–H groups in total. The number of allylic oxidation sites excluding steroid dienone is 1. The van der Waals surface area contributed by atoms with Gasteiger partial charge in [-0.1, -0.05) is 69.2 Å². The fourth-order valence-corrected chi connectivity index (χ4v) is 4.94. The van der Waals surface area contributed by atoms with E-state index in [1.807, 2.05) is 36.4 Å². The van der Waals surface area contributed by atoms with Gasteiger partial charge in [0.05, 0.1) is 22.9 Å². The molecule has 0 amide bonds. The lowest BCUT2D eigenvalue weighted by molar-refractivity contribution is -0.136. The molecular weight excluding hydrogens is 488 g/mol. The molecule has 0 aliphatic carbocycles. The Balaban J connectivity index is 2.00. The van der Waals surface area contributed by atoms with Crippen molar-refractivity contribution in [3.05, 3.63) is 100 Å². The van der Waals surface area contributed by atoms with Gasteiger partial charge in [0.25, 0.3) is 5.56 Å². The van der Waals surface area contributed by atoms with Crippen LogP contribution in [0.4, 0.5) is 0 Å². The Labute approximate surface area is 189 Å². The Morgan fingerprint density at radius 3 is 2.60 bits per heavy atom. The third-order valence-electron chi connectivity index (χ3n) is 4.79. The lowest BCUT2D eigenvalue weighted by Gasteiger charge is -2.25. The number of nitrogens with zero attached hydrogens (tertiary/aromatic N) is 2. The molecule has 0 unspecified atom stereocenters. The van der Waals surface area contributed by atoms with Crippen LogP contribution < -0.4 is 14.9 Å². The van der Waals surface area contributed by atoms with Gasteiger partial charge in [0.1, 0.15) is 6.04 Å². The second-order valence-electron chi connectivity index (χ2n) is 6.65.